The highest BCUT2D eigenvalue weighted by Crippen LogP contribution is 2.30. The molecule has 0 unspecified atom stereocenters. The minimum atomic E-state index is 0.474. The van der Waals surface area contributed by atoms with Gasteiger partial charge in [-0.05, 0) is 18.1 Å². The van der Waals surface area contributed by atoms with Crippen LogP contribution >= 0.6 is 0 Å². The molecular formula is C29H25NO. The van der Waals surface area contributed by atoms with Crippen molar-refractivity contribution in [1.29, 1.82) is 0 Å². The van der Waals surface area contributed by atoms with Crippen molar-refractivity contribution in [2.24, 2.45) is 4.99 Å². The lowest BCUT2D eigenvalue weighted by Gasteiger charge is -2.16. The summed E-state index contributed by atoms with van der Waals surface area (Å²) in [5.74, 6) is 0.769. The molecule has 31 heavy (non-hydrogen) atoms. The van der Waals surface area contributed by atoms with Gasteiger partial charge in [0.2, 0.25) is 0 Å². The van der Waals surface area contributed by atoms with Gasteiger partial charge in [0.05, 0.1) is 0 Å². The summed E-state index contributed by atoms with van der Waals surface area (Å²) in [6, 6.07) is 40.9. The third-order valence-corrected chi connectivity index (χ3v) is 5.00. The first-order valence-electron chi connectivity index (χ1n) is 10.4. The lowest BCUT2D eigenvalue weighted by atomic mass is 10.1. The maximum absolute atomic E-state index is 6.44. The van der Waals surface area contributed by atoms with Gasteiger partial charge < -0.3 is 4.74 Å². The molecule has 0 spiro atoms. The maximum atomic E-state index is 6.44. The van der Waals surface area contributed by atoms with E-state index in [1.807, 2.05) is 79.7 Å². The summed E-state index contributed by atoms with van der Waals surface area (Å²) in [5, 5.41) is 0. The first kappa shape index (κ1) is 20.4. The standard InChI is InChI=1S/C29H25NO/c1-23(25-16-8-3-9-17-25)30-28(26-18-10-4-11-19-26)29(27-20-12-5-13-21-27)31-22-24-14-6-2-7-15-24/h2-21H,22H2,1H3/b29-28+,30-23?. The molecule has 4 aromatic rings. The lowest BCUT2D eigenvalue weighted by Crippen LogP contribution is -2.01. The van der Waals surface area contributed by atoms with Gasteiger partial charge in [0.25, 0.3) is 0 Å². The van der Waals surface area contributed by atoms with Crippen molar-refractivity contribution < 1.29 is 4.74 Å². The monoisotopic (exact) mass is 403 g/mol. The van der Waals surface area contributed by atoms with E-state index in [1.165, 1.54) is 0 Å². The highest BCUT2D eigenvalue weighted by atomic mass is 16.5. The van der Waals surface area contributed by atoms with Gasteiger partial charge in [-0.25, -0.2) is 4.99 Å². The number of hydrogen-bond acceptors (Lipinski definition) is 2. The van der Waals surface area contributed by atoms with Gasteiger partial charge in [0, 0.05) is 16.8 Å². The first-order valence-corrected chi connectivity index (χ1v) is 10.4. The Kier molecular flexibility index (Phi) is 6.71. The van der Waals surface area contributed by atoms with Crippen LogP contribution in [0.25, 0.3) is 11.5 Å². The van der Waals surface area contributed by atoms with Crippen LogP contribution in [0.1, 0.15) is 29.2 Å². The van der Waals surface area contributed by atoms with Crippen LogP contribution in [0.5, 0.6) is 0 Å². The second-order valence-electron chi connectivity index (χ2n) is 7.25. The molecule has 0 aliphatic heterocycles. The Morgan fingerprint density at radius 3 is 1.58 bits per heavy atom. The SMILES string of the molecule is CC(=N/C(=C(/OCc1ccccc1)c1ccccc1)c1ccccc1)c1ccccc1. The van der Waals surface area contributed by atoms with E-state index in [4.69, 9.17) is 9.73 Å². The van der Waals surface area contributed by atoms with Gasteiger partial charge in [-0.2, -0.15) is 0 Å². The average Bonchev–Trinajstić information content (AvgIpc) is 2.86. The first-order chi connectivity index (χ1) is 15.3. The highest BCUT2D eigenvalue weighted by Gasteiger charge is 2.14. The average molecular weight is 404 g/mol. The van der Waals surface area contributed by atoms with Crippen LogP contribution in [0.15, 0.2) is 126 Å². The summed E-state index contributed by atoms with van der Waals surface area (Å²) in [4.78, 5) is 5.08. The second kappa shape index (κ2) is 10.2. The molecular weight excluding hydrogens is 378 g/mol. The fourth-order valence-electron chi connectivity index (χ4n) is 3.36. The van der Waals surface area contributed by atoms with Gasteiger partial charge in [-0.15, -0.1) is 0 Å². The second-order valence-corrected chi connectivity index (χ2v) is 7.25. The Morgan fingerprint density at radius 2 is 1.03 bits per heavy atom. The quantitative estimate of drug-likeness (QED) is 0.181. The minimum absolute atomic E-state index is 0.474. The summed E-state index contributed by atoms with van der Waals surface area (Å²) in [6.07, 6.45) is 0. The molecule has 0 aliphatic rings. The maximum Gasteiger partial charge on any atom is 0.153 e. The number of nitrogens with zero attached hydrogens (tertiary/aromatic N) is 1. The number of ether oxygens (including phenoxy) is 1. The van der Waals surface area contributed by atoms with Crippen molar-refractivity contribution in [3.8, 4) is 0 Å². The van der Waals surface area contributed by atoms with E-state index in [9.17, 15) is 0 Å². The molecule has 0 radical (unpaired) electrons. The number of benzene rings is 4. The molecule has 0 amide bonds. The van der Waals surface area contributed by atoms with Crippen molar-refractivity contribution in [1.82, 2.24) is 0 Å². The summed E-state index contributed by atoms with van der Waals surface area (Å²) in [6.45, 7) is 2.51. The Morgan fingerprint density at radius 1 is 0.581 bits per heavy atom. The zero-order valence-corrected chi connectivity index (χ0v) is 17.6. The lowest BCUT2D eigenvalue weighted by molar-refractivity contribution is 0.265. The topological polar surface area (TPSA) is 21.6 Å². The van der Waals surface area contributed by atoms with Crippen LogP contribution in [0.2, 0.25) is 0 Å². The molecule has 0 aromatic heterocycles. The molecule has 2 nitrogen and oxygen atoms in total. The van der Waals surface area contributed by atoms with E-state index in [-0.39, 0.29) is 0 Å². The molecule has 4 rings (SSSR count). The molecule has 0 saturated heterocycles. The van der Waals surface area contributed by atoms with E-state index < -0.39 is 0 Å². The summed E-state index contributed by atoms with van der Waals surface area (Å²) < 4.78 is 6.44. The van der Waals surface area contributed by atoms with Crippen molar-refractivity contribution in [2.75, 3.05) is 0 Å². The predicted molar refractivity (Wildman–Crippen MR) is 130 cm³/mol. The van der Waals surface area contributed by atoms with Crippen LogP contribution < -0.4 is 0 Å². The van der Waals surface area contributed by atoms with Crippen LogP contribution in [-0.4, -0.2) is 5.71 Å². The molecule has 0 bridgehead atoms. The van der Waals surface area contributed by atoms with Crippen LogP contribution in [0, 0.1) is 0 Å². The number of rotatable bonds is 7. The van der Waals surface area contributed by atoms with Crippen molar-refractivity contribution >= 4 is 17.2 Å². The number of aliphatic imine (C=N–C) groups is 1. The molecule has 0 heterocycles. The number of hydrogen-bond donors (Lipinski definition) is 0. The van der Waals surface area contributed by atoms with Crippen molar-refractivity contribution in [3.05, 3.63) is 144 Å². The van der Waals surface area contributed by atoms with E-state index in [0.29, 0.717) is 6.61 Å². The molecule has 0 N–H and O–H groups in total. The predicted octanol–water partition coefficient (Wildman–Crippen LogP) is 7.24. The fourth-order valence-corrected chi connectivity index (χ4v) is 3.36. The van der Waals surface area contributed by atoms with Gasteiger partial charge in [-0.3, -0.25) is 0 Å². The van der Waals surface area contributed by atoms with Gasteiger partial charge in [-0.1, -0.05) is 121 Å². The smallest absolute Gasteiger partial charge is 0.153 e. The summed E-state index contributed by atoms with van der Waals surface area (Å²) in [7, 11) is 0. The molecule has 0 saturated carbocycles. The minimum Gasteiger partial charge on any atom is -0.486 e. The Labute approximate surface area is 184 Å². The molecule has 0 atom stereocenters. The Bertz CT molecular complexity index is 1150. The van der Waals surface area contributed by atoms with Crippen molar-refractivity contribution in [2.45, 2.75) is 13.5 Å². The Hall–Kier alpha value is -3.91. The highest BCUT2D eigenvalue weighted by molar-refractivity contribution is 6.04. The summed E-state index contributed by atoms with van der Waals surface area (Å²) >= 11 is 0. The zero-order valence-electron chi connectivity index (χ0n) is 17.6. The third-order valence-electron chi connectivity index (χ3n) is 5.00. The zero-order chi connectivity index (χ0) is 21.3. The normalized spacial score (nSPS) is 12.2. The molecule has 152 valence electrons. The van der Waals surface area contributed by atoms with E-state index in [2.05, 4.69) is 48.5 Å². The van der Waals surface area contributed by atoms with Crippen LogP contribution in [0.4, 0.5) is 0 Å². The molecule has 4 aromatic carbocycles. The van der Waals surface area contributed by atoms with E-state index in [1.54, 1.807) is 0 Å². The van der Waals surface area contributed by atoms with Gasteiger partial charge in [0.15, 0.2) is 5.76 Å². The van der Waals surface area contributed by atoms with Crippen LogP contribution in [0.3, 0.4) is 0 Å². The summed E-state index contributed by atoms with van der Waals surface area (Å²) in [5.41, 5.74) is 5.99. The van der Waals surface area contributed by atoms with Crippen molar-refractivity contribution in [3.63, 3.8) is 0 Å². The van der Waals surface area contributed by atoms with E-state index in [0.717, 1.165) is 39.4 Å². The third kappa shape index (κ3) is 5.37. The largest absolute Gasteiger partial charge is 0.486 e. The fraction of sp³-hybridized carbons (Fsp3) is 0.0690. The van der Waals surface area contributed by atoms with Gasteiger partial charge >= 0.3 is 0 Å². The van der Waals surface area contributed by atoms with Gasteiger partial charge in [0.1, 0.15) is 12.3 Å². The molecule has 0 fully saturated rings. The van der Waals surface area contributed by atoms with Crippen LogP contribution in [-0.2, 0) is 11.3 Å². The van der Waals surface area contributed by atoms with E-state index >= 15 is 0 Å². The molecule has 2 heteroatoms. The molecule has 0 aliphatic carbocycles. The Balaban J connectivity index is 1.85.